The van der Waals surface area contributed by atoms with Crippen molar-refractivity contribution in [1.29, 1.82) is 0 Å². The third-order valence-corrected chi connectivity index (χ3v) is 3.99. The summed E-state index contributed by atoms with van der Waals surface area (Å²) in [7, 11) is 0. The maximum Gasteiger partial charge on any atom is 0.383 e. The molecule has 26 heavy (non-hydrogen) atoms. The lowest BCUT2D eigenvalue weighted by molar-refractivity contribution is 0.0754. The van der Waals surface area contributed by atoms with Crippen molar-refractivity contribution in [1.82, 2.24) is 0 Å². The summed E-state index contributed by atoms with van der Waals surface area (Å²) in [6.45, 7) is 2.32. The molecule has 7 nitrogen and oxygen atoms in total. The number of hydrogen-bond donors (Lipinski definition) is 3. The van der Waals surface area contributed by atoms with Gasteiger partial charge in [-0.1, -0.05) is 26.2 Å². The first-order chi connectivity index (χ1) is 12.6. The van der Waals surface area contributed by atoms with Crippen molar-refractivity contribution < 1.29 is 29.2 Å². The van der Waals surface area contributed by atoms with Crippen molar-refractivity contribution in [2.24, 2.45) is 0 Å². The quantitative estimate of drug-likeness (QED) is 0.414. The molecule has 1 aromatic heterocycles. The van der Waals surface area contributed by atoms with Gasteiger partial charge in [-0.15, -0.1) is 0 Å². The van der Waals surface area contributed by atoms with Crippen LogP contribution in [-0.4, -0.2) is 41.2 Å². The molecule has 0 aliphatic rings. The minimum Gasteiger partial charge on any atom is -0.504 e. The molecule has 0 saturated carbocycles. The van der Waals surface area contributed by atoms with Crippen LogP contribution in [0.3, 0.4) is 0 Å². The van der Waals surface area contributed by atoms with Crippen LogP contribution in [-0.2, 0) is 0 Å². The Balaban J connectivity index is 2.08. The van der Waals surface area contributed by atoms with E-state index < -0.39 is 11.7 Å². The van der Waals surface area contributed by atoms with Gasteiger partial charge in [0.15, 0.2) is 5.75 Å². The highest BCUT2D eigenvalue weighted by molar-refractivity contribution is 5.86. The molecule has 0 amide bonds. The number of aliphatic hydroxyl groups excluding tert-OH is 2. The van der Waals surface area contributed by atoms with Gasteiger partial charge in [0, 0.05) is 12.5 Å². The Morgan fingerprint density at radius 3 is 2.69 bits per heavy atom. The molecule has 1 unspecified atom stereocenters. The lowest BCUT2D eigenvalue weighted by Crippen LogP contribution is -2.15. The molecule has 0 bridgehead atoms. The van der Waals surface area contributed by atoms with Crippen LogP contribution in [0.2, 0.25) is 0 Å². The number of hydrogen-bond acceptors (Lipinski definition) is 7. The van der Waals surface area contributed by atoms with Crippen molar-refractivity contribution in [3.05, 3.63) is 28.6 Å². The van der Waals surface area contributed by atoms with Crippen LogP contribution < -0.4 is 15.1 Å². The van der Waals surface area contributed by atoms with Gasteiger partial charge < -0.3 is 29.2 Å². The van der Waals surface area contributed by atoms with Gasteiger partial charge in [0.1, 0.15) is 11.3 Å². The lowest BCUT2D eigenvalue weighted by atomic mass is 10.2. The minimum atomic E-state index is -0.838. The van der Waals surface area contributed by atoms with E-state index in [1.54, 1.807) is 12.1 Å². The summed E-state index contributed by atoms with van der Waals surface area (Å²) >= 11 is 0. The lowest BCUT2D eigenvalue weighted by Gasteiger charge is -2.11. The second kappa shape index (κ2) is 10.0. The van der Waals surface area contributed by atoms with Gasteiger partial charge in [-0.25, -0.2) is 4.79 Å². The average Bonchev–Trinajstić information content (AvgIpc) is 2.63. The smallest absolute Gasteiger partial charge is 0.383 e. The third kappa shape index (κ3) is 5.37. The fourth-order valence-electron chi connectivity index (χ4n) is 2.47. The molecule has 0 aliphatic carbocycles. The van der Waals surface area contributed by atoms with Gasteiger partial charge in [0.05, 0.1) is 31.3 Å². The number of ether oxygens (including phenoxy) is 2. The topological polar surface area (TPSA) is 109 Å². The predicted octanol–water partition coefficient (Wildman–Crippen LogP) is 2.58. The standard InChI is InChI=1S/C19H26O7/c1-2-3-4-5-9-25-18-17(22)15-7-6-14(11-16(15)26-19(18)23)24-10-8-13(21)12-20/h6-7,11,13,20-22H,2-5,8-10,12H2,1H3. The molecule has 0 aliphatic heterocycles. The number of aliphatic hydroxyl groups is 2. The number of aromatic hydroxyl groups is 1. The van der Waals surface area contributed by atoms with E-state index in [4.69, 9.17) is 19.0 Å². The first-order valence-corrected chi connectivity index (χ1v) is 8.91. The number of rotatable bonds is 11. The van der Waals surface area contributed by atoms with Crippen molar-refractivity contribution in [2.45, 2.75) is 45.1 Å². The van der Waals surface area contributed by atoms with E-state index in [-0.39, 0.29) is 36.7 Å². The Kier molecular flexibility index (Phi) is 7.74. The molecular weight excluding hydrogens is 340 g/mol. The first kappa shape index (κ1) is 20.1. The maximum absolute atomic E-state index is 12.1. The SMILES string of the molecule is CCCCCCOc1c(O)c2ccc(OCCC(O)CO)cc2oc1=O. The van der Waals surface area contributed by atoms with E-state index >= 15 is 0 Å². The zero-order chi connectivity index (χ0) is 18.9. The van der Waals surface area contributed by atoms with Crippen molar-refractivity contribution in [3.8, 4) is 17.2 Å². The zero-order valence-electron chi connectivity index (χ0n) is 14.9. The second-order valence-corrected chi connectivity index (χ2v) is 6.11. The Labute approximate surface area is 151 Å². The fraction of sp³-hybridized carbons (Fsp3) is 0.526. The fourth-order valence-corrected chi connectivity index (χ4v) is 2.47. The summed E-state index contributed by atoms with van der Waals surface area (Å²) in [5, 5.41) is 28.7. The molecule has 7 heteroatoms. The highest BCUT2D eigenvalue weighted by Gasteiger charge is 2.16. The molecule has 1 atom stereocenters. The van der Waals surface area contributed by atoms with Crippen molar-refractivity contribution in [2.75, 3.05) is 19.8 Å². The van der Waals surface area contributed by atoms with Gasteiger partial charge in [-0.05, 0) is 18.6 Å². The third-order valence-electron chi connectivity index (χ3n) is 3.99. The molecule has 2 aromatic rings. The van der Waals surface area contributed by atoms with Crippen LogP contribution in [0.25, 0.3) is 11.0 Å². The molecule has 0 spiro atoms. The largest absolute Gasteiger partial charge is 0.504 e. The Morgan fingerprint density at radius 1 is 1.15 bits per heavy atom. The van der Waals surface area contributed by atoms with E-state index in [9.17, 15) is 15.0 Å². The predicted molar refractivity (Wildman–Crippen MR) is 97.0 cm³/mol. The van der Waals surface area contributed by atoms with Gasteiger partial charge in [0.25, 0.3) is 0 Å². The van der Waals surface area contributed by atoms with E-state index in [0.717, 1.165) is 25.7 Å². The van der Waals surface area contributed by atoms with Gasteiger partial charge in [-0.2, -0.15) is 0 Å². The summed E-state index contributed by atoms with van der Waals surface area (Å²) in [4.78, 5) is 12.1. The Bertz CT molecular complexity index is 753. The molecular formula is C19H26O7. The molecule has 1 heterocycles. The average molecular weight is 366 g/mol. The van der Waals surface area contributed by atoms with E-state index in [2.05, 4.69) is 6.92 Å². The monoisotopic (exact) mass is 366 g/mol. The summed E-state index contributed by atoms with van der Waals surface area (Å²) in [6, 6.07) is 4.70. The first-order valence-electron chi connectivity index (χ1n) is 8.91. The summed E-state index contributed by atoms with van der Waals surface area (Å²) in [5.74, 6) is 0.0150. The normalized spacial score (nSPS) is 12.3. The highest BCUT2D eigenvalue weighted by Crippen LogP contribution is 2.33. The van der Waals surface area contributed by atoms with E-state index in [0.29, 0.717) is 17.7 Å². The summed E-state index contributed by atoms with van der Waals surface area (Å²) < 4.78 is 16.1. The maximum atomic E-state index is 12.1. The molecule has 0 saturated heterocycles. The zero-order valence-corrected chi connectivity index (χ0v) is 14.9. The van der Waals surface area contributed by atoms with Crippen LogP contribution in [0.5, 0.6) is 17.2 Å². The molecule has 3 N–H and O–H groups in total. The van der Waals surface area contributed by atoms with Gasteiger partial charge in [-0.3, -0.25) is 0 Å². The number of fused-ring (bicyclic) bond motifs is 1. The molecule has 1 aromatic carbocycles. The Hall–Kier alpha value is -2.25. The van der Waals surface area contributed by atoms with Crippen LogP contribution in [0, 0.1) is 0 Å². The molecule has 2 rings (SSSR count). The van der Waals surface area contributed by atoms with Gasteiger partial charge >= 0.3 is 5.63 Å². The molecule has 0 radical (unpaired) electrons. The summed E-state index contributed by atoms with van der Waals surface area (Å²) in [6.07, 6.45) is 3.44. The minimum absolute atomic E-state index is 0.172. The highest BCUT2D eigenvalue weighted by atomic mass is 16.5. The van der Waals surface area contributed by atoms with E-state index in [1.165, 1.54) is 6.07 Å². The second-order valence-electron chi connectivity index (χ2n) is 6.11. The number of benzene rings is 1. The number of unbranched alkanes of at least 4 members (excludes halogenated alkanes) is 3. The van der Waals surface area contributed by atoms with Crippen molar-refractivity contribution >= 4 is 11.0 Å². The molecule has 0 fully saturated rings. The van der Waals surface area contributed by atoms with Crippen LogP contribution in [0.4, 0.5) is 0 Å². The summed E-state index contributed by atoms with van der Waals surface area (Å²) in [5.41, 5.74) is -0.551. The van der Waals surface area contributed by atoms with Crippen LogP contribution >= 0.6 is 0 Å². The van der Waals surface area contributed by atoms with Crippen LogP contribution in [0.15, 0.2) is 27.4 Å². The van der Waals surface area contributed by atoms with E-state index in [1.807, 2.05) is 0 Å². The molecule has 144 valence electrons. The Morgan fingerprint density at radius 2 is 1.96 bits per heavy atom. The van der Waals surface area contributed by atoms with Crippen molar-refractivity contribution in [3.63, 3.8) is 0 Å². The van der Waals surface area contributed by atoms with Gasteiger partial charge in [0.2, 0.25) is 5.75 Å². The van der Waals surface area contributed by atoms with Crippen LogP contribution in [0.1, 0.15) is 39.0 Å².